The molecule has 0 aliphatic heterocycles. The molecule has 2 aromatic carbocycles. The van der Waals surface area contributed by atoms with Crippen molar-refractivity contribution >= 4 is 23.6 Å². The van der Waals surface area contributed by atoms with Crippen LogP contribution >= 0.6 is 0 Å². The maximum absolute atomic E-state index is 12.6. The second-order valence-corrected chi connectivity index (χ2v) is 13.5. The number of aromatic hydroxyl groups is 2. The molecule has 278 valence electrons. The number of carbonyl (C=O) groups excluding carboxylic acids is 4. The molecule has 0 heterocycles. The molecule has 0 fully saturated rings. The number of aryl methyl sites for hydroxylation is 2. The second kappa shape index (κ2) is 25.0. The van der Waals surface area contributed by atoms with Crippen LogP contribution < -0.4 is 21.7 Å². The molecule has 2 rings (SSSR count). The van der Waals surface area contributed by atoms with Gasteiger partial charge in [-0.1, -0.05) is 116 Å². The normalized spacial score (nSPS) is 11.5. The second-order valence-electron chi connectivity index (χ2n) is 13.5. The minimum atomic E-state index is -0.542. The third-order valence-corrected chi connectivity index (χ3v) is 9.10. The number of rotatable bonds is 24. The first-order chi connectivity index (χ1) is 24.2. The van der Waals surface area contributed by atoms with Crippen molar-refractivity contribution in [1.29, 1.82) is 0 Å². The van der Waals surface area contributed by atoms with Gasteiger partial charge in [-0.25, -0.2) is 0 Å². The molecule has 4 amide bonds. The molecule has 10 heteroatoms. The number of nitrogens with one attached hydrogen (secondary N) is 4. The molecule has 0 saturated carbocycles. The summed E-state index contributed by atoms with van der Waals surface area (Å²) in [4.78, 5) is 50.0. The van der Waals surface area contributed by atoms with Gasteiger partial charge in [-0.15, -0.1) is 0 Å². The lowest BCUT2D eigenvalue weighted by atomic mass is 10.0. The monoisotopic (exact) mass is 694 g/mol. The Morgan fingerprint density at radius 1 is 0.560 bits per heavy atom. The molecule has 0 spiro atoms. The van der Waals surface area contributed by atoms with E-state index < -0.39 is 11.8 Å². The first-order valence-corrected chi connectivity index (χ1v) is 19.0. The van der Waals surface area contributed by atoms with Crippen molar-refractivity contribution in [2.24, 2.45) is 5.92 Å². The van der Waals surface area contributed by atoms with Gasteiger partial charge in [0.1, 0.15) is 11.5 Å². The number of benzene rings is 2. The number of hydrogen-bond acceptors (Lipinski definition) is 6. The van der Waals surface area contributed by atoms with E-state index in [1.807, 2.05) is 19.1 Å². The topological polar surface area (TPSA) is 157 Å². The summed E-state index contributed by atoms with van der Waals surface area (Å²) in [5.74, 6) is -2.15. The lowest BCUT2D eigenvalue weighted by Crippen LogP contribution is -2.44. The van der Waals surface area contributed by atoms with Gasteiger partial charge in [0.05, 0.1) is 11.1 Å². The average Bonchev–Trinajstić information content (AvgIpc) is 3.11. The van der Waals surface area contributed by atoms with Crippen LogP contribution in [-0.2, 0) is 22.4 Å². The minimum Gasteiger partial charge on any atom is -0.507 e. The van der Waals surface area contributed by atoms with Crippen molar-refractivity contribution in [3.63, 3.8) is 0 Å². The summed E-state index contributed by atoms with van der Waals surface area (Å²) in [6.45, 7) is 6.18. The van der Waals surface area contributed by atoms with Gasteiger partial charge in [0, 0.05) is 12.3 Å². The van der Waals surface area contributed by atoms with Crippen LogP contribution in [0.25, 0.3) is 0 Å². The summed E-state index contributed by atoms with van der Waals surface area (Å²) < 4.78 is 0. The molecule has 1 atom stereocenters. The molecular formula is C40H62N4O6. The summed E-state index contributed by atoms with van der Waals surface area (Å²) in [6, 6.07) is 10.1. The Morgan fingerprint density at radius 2 is 1.00 bits per heavy atom. The van der Waals surface area contributed by atoms with Crippen molar-refractivity contribution in [2.75, 3.05) is 0 Å². The van der Waals surface area contributed by atoms with Crippen LogP contribution in [0.15, 0.2) is 36.4 Å². The summed E-state index contributed by atoms with van der Waals surface area (Å²) in [5.41, 5.74) is 12.1. The van der Waals surface area contributed by atoms with Crippen LogP contribution in [0.2, 0.25) is 0 Å². The Kier molecular flexibility index (Phi) is 21.0. The number of phenols is 2. The Morgan fingerprint density at radius 3 is 1.52 bits per heavy atom. The lowest BCUT2D eigenvalue weighted by molar-refractivity contribution is -0.125. The molecule has 0 saturated heterocycles. The first kappa shape index (κ1) is 42.1. The van der Waals surface area contributed by atoms with Crippen molar-refractivity contribution in [1.82, 2.24) is 21.7 Å². The zero-order chi connectivity index (χ0) is 36.6. The standard InChI is InChI=1S/C40H62N4O6/c1-4-6-8-12-17-21-31-24-26-35(45)33(28-31)39(49)43-41-37(47)23-19-15-11-10-14-16-20-30(3)38(48)42-44-40(50)34-29-32(25-27-36(34)46)22-18-13-9-7-5-2/h24-30,45-46H,4-23H2,1-3H3,(H,41,47)(H,42,48)(H,43,49)(H,44,50). The van der Waals surface area contributed by atoms with Gasteiger partial charge >= 0.3 is 0 Å². The van der Waals surface area contributed by atoms with Crippen LogP contribution in [0.1, 0.15) is 168 Å². The van der Waals surface area contributed by atoms with Crippen molar-refractivity contribution in [3.8, 4) is 11.5 Å². The Balaban J connectivity index is 1.56. The highest BCUT2D eigenvalue weighted by Crippen LogP contribution is 2.21. The number of hydrogen-bond donors (Lipinski definition) is 6. The summed E-state index contributed by atoms with van der Waals surface area (Å²) in [7, 11) is 0. The number of phenolic OH excluding ortho intramolecular Hbond substituents is 2. The summed E-state index contributed by atoms with van der Waals surface area (Å²) in [6.07, 6.45) is 19.5. The SMILES string of the molecule is CCCCCCCc1ccc(O)c(C(=O)NNC(=O)CCCCCCCCC(C)C(=O)NNC(=O)c2cc(CCCCCCC)ccc2O)c1. The fourth-order valence-corrected chi connectivity index (χ4v) is 5.85. The quantitative estimate of drug-likeness (QED) is 0.0482. The molecule has 6 N–H and O–H groups in total. The fourth-order valence-electron chi connectivity index (χ4n) is 5.85. The van der Waals surface area contributed by atoms with E-state index in [1.165, 1.54) is 50.7 Å². The van der Waals surface area contributed by atoms with E-state index in [-0.39, 0.29) is 46.8 Å². The van der Waals surface area contributed by atoms with E-state index in [1.54, 1.807) is 12.1 Å². The molecular weight excluding hydrogens is 632 g/mol. The van der Waals surface area contributed by atoms with Crippen LogP contribution in [0.5, 0.6) is 11.5 Å². The highest BCUT2D eigenvalue weighted by molar-refractivity contribution is 5.98. The number of unbranched alkanes of at least 4 members (excludes halogenated alkanes) is 13. The maximum atomic E-state index is 12.6. The lowest BCUT2D eigenvalue weighted by Gasteiger charge is -2.14. The van der Waals surface area contributed by atoms with E-state index in [9.17, 15) is 29.4 Å². The van der Waals surface area contributed by atoms with Gasteiger partial charge < -0.3 is 10.2 Å². The largest absolute Gasteiger partial charge is 0.507 e. The van der Waals surface area contributed by atoms with E-state index in [4.69, 9.17) is 0 Å². The fraction of sp³-hybridized carbons (Fsp3) is 0.600. The maximum Gasteiger partial charge on any atom is 0.273 e. The van der Waals surface area contributed by atoms with Gasteiger partial charge in [-0.05, 0) is 73.9 Å². The molecule has 0 radical (unpaired) electrons. The predicted molar refractivity (Wildman–Crippen MR) is 198 cm³/mol. The zero-order valence-electron chi connectivity index (χ0n) is 30.7. The molecule has 0 aliphatic carbocycles. The smallest absolute Gasteiger partial charge is 0.273 e. The molecule has 0 aliphatic rings. The minimum absolute atomic E-state index is 0.116. The number of amides is 4. The van der Waals surface area contributed by atoms with E-state index in [0.717, 1.165) is 81.8 Å². The van der Waals surface area contributed by atoms with Crippen molar-refractivity contribution < 1.29 is 29.4 Å². The highest BCUT2D eigenvalue weighted by atomic mass is 16.3. The molecule has 10 nitrogen and oxygen atoms in total. The Labute approximate surface area is 299 Å². The molecule has 1 unspecified atom stereocenters. The summed E-state index contributed by atoms with van der Waals surface area (Å²) >= 11 is 0. The Hall–Kier alpha value is -4.08. The Bertz CT molecular complexity index is 1330. The van der Waals surface area contributed by atoms with E-state index in [0.29, 0.717) is 12.8 Å². The molecule has 0 bridgehead atoms. The van der Waals surface area contributed by atoms with Crippen LogP contribution in [0.3, 0.4) is 0 Å². The average molecular weight is 695 g/mol. The van der Waals surface area contributed by atoms with Crippen LogP contribution in [-0.4, -0.2) is 33.8 Å². The van der Waals surface area contributed by atoms with Gasteiger partial charge in [0.2, 0.25) is 11.8 Å². The van der Waals surface area contributed by atoms with Gasteiger partial charge in [-0.3, -0.25) is 40.9 Å². The third-order valence-electron chi connectivity index (χ3n) is 9.10. The van der Waals surface area contributed by atoms with E-state index in [2.05, 4.69) is 35.6 Å². The van der Waals surface area contributed by atoms with E-state index >= 15 is 0 Å². The predicted octanol–water partition coefficient (Wildman–Crippen LogP) is 8.10. The van der Waals surface area contributed by atoms with Gasteiger partial charge in [0.15, 0.2) is 0 Å². The zero-order valence-corrected chi connectivity index (χ0v) is 30.7. The number of hydrazine groups is 2. The highest BCUT2D eigenvalue weighted by Gasteiger charge is 2.17. The summed E-state index contributed by atoms with van der Waals surface area (Å²) in [5, 5.41) is 20.3. The van der Waals surface area contributed by atoms with Crippen LogP contribution in [0, 0.1) is 5.92 Å². The van der Waals surface area contributed by atoms with Crippen molar-refractivity contribution in [2.45, 2.75) is 149 Å². The van der Waals surface area contributed by atoms with Gasteiger partial charge in [0.25, 0.3) is 11.8 Å². The number of carbonyl (C=O) groups is 4. The third kappa shape index (κ3) is 17.0. The molecule has 0 aromatic heterocycles. The van der Waals surface area contributed by atoms with Crippen LogP contribution in [0.4, 0.5) is 0 Å². The van der Waals surface area contributed by atoms with Crippen molar-refractivity contribution in [3.05, 3.63) is 58.7 Å². The first-order valence-electron chi connectivity index (χ1n) is 19.0. The molecule has 50 heavy (non-hydrogen) atoms. The molecule has 2 aromatic rings. The van der Waals surface area contributed by atoms with Gasteiger partial charge in [-0.2, -0.15) is 0 Å².